The van der Waals surface area contributed by atoms with Crippen LogP contribution in [0.1, 0.15) is 5.56 Å². The first-order valence-electron chi connectivity index (χ1n) is 5.18. The molecule has 96 valence electrons. The Morgan fingerprint density at radius 1 is 1.39 bits per heavy atom. The number of carbonyl (C=O) groups is 1. The molecule has 0 aromatic heterocycles. The molecule has 0 heterocycles. The average molecular weight is 250 g/mol. The van der Waals surface area contributed by atoms with E-state index in [-0.39, 0.29) is 6.54 Å². The second kappa shape index (κ2) is 6.47. The van der Waals surface area contributed by atoms with Gasteiger partial charge in [0, 0.05) is 12.6 Å². The van der Waals surface area contributed by atoms with E-state index in [9.17, 15) is 4.79 Å². The molecule has 6 nitrogen and oxygen atoms in total. The van der Waals surface area contributed by atoms with E-state index in [1.54, 1.807) is 12.1 Å². The zero-order chi connectivity index (χ0) is 13.5. The van der Waals surface area contributed by atoms with Crippen molar-refractivity contribution in [3.8, 4) is 17.6 Å². The van der Waals surface area contributed by atoms with E-state index in [2.05, 4.69) is 4.74 Å². The van der Waals surface area contributed by atoms with Gasteiger partial charge in [-0.2, -0.15) is 5.26 Å². The smallest absolute Gasteiger partial charge is 0.348 e. The summed E-state index contributed by atoms with van der Waals surface area (Å²) in [5, 5.41) is 8.85. The molecule has 1 aromatic carbocycles. The number of hydrogen-bond acceptors (Lipinski definition) is 6. The molecule has 0 bridgehead atoms. The van der Waals surface area contributed by atoms with Gasteiger partial charge >= 0.3 is 5.97 Å². The van der Waals surface area contributed by atoms with Crippen molar-refractivity contribution in [2.45, 2.75) is 6.10 Å². The lowest BCUT2D eigenvalue weighted by Gasteiger charge is -2.15. The van der Waals surface area contributed by atoms with Crippen molar-refractivity contribution < 1.29 is 19.0 Å². The van der Waals surface area contributed by atoms with Gasteiger partial charge in [-0.25, -0.2) is 4.79 Å². The topological polar surface area (TPSA) is 94.6 Å². The predicted molar refractivity (Wildman–Crippen MR) is 63.2 cm³/mol. The number of benzene rings is 1. The molecule has 6 heteroatoms. The molecular weight excluding hydrogens is 236 g/mol. The highest BCUT2D eigenvalue weighted by Gasteiger charge is 2.19. The molecule has 1 aromatic rings. The van der Waals surface area contributed by atoms with Crippen LogP contribution in [0.4, 0.5) is 0 Å². The van der Waals surface area contributed by atoms with Crippen LogP contribution in [-0.4, -0.2) is 32.8 Å². The van der Waals surface area contributed by atoms with Crippen molar-refractivity contribution in [1.82, 2.24) is 0 Å². The third kappa shape index (κ3) is 3.37. The van der Waals surface area contributed by atoms with Crippen molar-refractivity contribution in [3.05, 3.63) is 23.8 Å². The maximum absolute atomic E-state index is 11.3. The van der Waals surface area contributed by atoms with Crippen LogP contribution in [0.5, 0.6) is 11.5 Å². The number of ether oxygens (including phenoxy) is 3. The first-order chi connectivity index (χ1) is 8.64. The third-order valence-electron chi connectivity index (χ3n) is 2.20. The SMILES string of the molecule is COC(=O)C(CN)Oc1cc(C#N)cc(OC)c1. The molecule has 0 saturated carbocycles. The van der Waals surface area contributed by atoms with Crippen molar-refractivity contribution in [1.29, 1.82) is 5.26 Å². The molecule has 1 unspecified atom stereocenters. The number of methoxy groups -OCH3 is 2. The van der Waals surface area contributed by atoms with Crippen LogP contribution < -0.4 is 15.2 Å². The summed E-state index contributed by atoms with van der Waals surface area (Å²) in [7, 11) is 2.72. The Balaban J connectivity index is 2.95. The van der Waals surface area contributed by atoms with E-state index in [0.717, 1.165) is 0 Å². The van der Waals surface area contributed by atoms with Crippen molar-refractivity contribution in [2.75, 3.05) is 20.8 Å². The highest BCUT2D eigenvalue weighted by atomic mass is 16.6. The fraction of sp³-hybridized carbons (Fsp3) is 0.333. The van der Waals surface area contributed by atoms with Crippen molar-refractivity contribution in [2.24, 2.45) is 5.73 Å². The summed E-state index contributed by atoms with van der Waals surface area (Å²) < 4.78 is 14.9. The summed E-state index contributed by atoms with van der Waals surface area (Å²) in [5.41, 5.74) is 5.78. The molecule has 0 amide bonds. The normalized spacial score (nSPS) is 11.2. The Bertz CT molecular complexity index is 468. The van der Waals surface area contributed by atoms with Gasteiger partial charge in [-0.15, -0.1) is 0 Å². The number of nitrogens with zero attached hydrogens (tertiary/aromatic N) is 1. The van der Waals surface area contributed by atoms with Gasteiger partial charge in [0.1, 0.15) is 11.5 Å². The van der Waals surface area contributed by atoms with Crippen LogP contribution >= 0.6 is 0 Å². The van der Waals surface area contributed by atoms with Gasteiger partial charge in [-0.3, -0.25) is 0 Å². The molecule has 2 N–H and O–H groups in total. The quantitative estimate of drug-likeness (QED) is 0.762. The molecule has 1 rings (SSSR count). The first-order valence-corrected chi connectivity index (χ1v) is 5.18. The van der Waals surface area contributed by atoms with Gasteiger partial charge in [0.25, 0.3) is 0 Å². The summed E-state index contributed by atoms with van der Waals surface area (Å²) >= 11 is 0. The molecule has 0 aliphatic carbocycles. The van der Waals surface area contributed by atoms with Crippen molar-refractivity contribution >= 4 is 5.97 Å². The Labute approximate surface area is 105 Å². The Morgan fingerprint density at radius 2 is 2.06 bits per heavy atom. The number of nitriles is 1. The predicted octanol–water partition coefficient (Wildman–Crippen LogP) is 0.446. The summed E-state index contributed by atoms with van der Waals surface area (Å²) in [6, 6.07) is 6.58. The van der Waals surface area contributed by atoms with E-state index in [4.69, 9.17) is 20.5 Å². The number of esters is 1. The lowest BCUT2D eigenvalue weighted by molar-refractivity contribution is -0.148. The molecule has 1 atom stereocenters. The van der Waals surface area contributed by atoms with E-state index >= 15 is 0 Å². The maximum atomic E-state index is 11.3. The molecule has 18 heavy (non-hydrogen) atoms. The molecule has 0 saturated heterocycles. The Kier molecular flexibility index (Phi) is 4.96. The van der Waals surface area contributed by atoms with Crippen LogP contribution in [0.3, 0.4) is 0 Å². The number of nitrogens with two attached hydrogens (primary N) is 1. The van der Waals surface area contributed by atoms with Gasteiger partial charge < -0.3 is 19.9 Å². The highest BCUT2D eigenvalue weighted by molar-refractivity contribution is 5.75. The van der Waals surface area contributed by atoms with Gasteiger partial charge in [0.2, 0.25) is 6.10 Å². The molecular formula is C12H14N2O4. The minimum Gasteiger partial charge on any atom is -0.497 e. The van der Waals surface area contributed by atoms with E-state index in [1.165, 1.54) is 20.3 Å². The minimum absolute atomic E-state index is 0.0221. The summed E-state index contributed by atoms with van der Waals surface area (Å²) in [5.74, 6) is 0.218. The van der Waals surface area contributed by atoms with E-state index in [0.29, 0.717) is 17.1 Å². The van der Waals surface area contributed by atoms with Crippen LogP contribution in [0, 0.1) is 11.3 Å². The Morgan fingerprint density at radius 3 is 2.56 bits per heavy atom. The minimum atomic E-state index is -0.909. The monoisotopic (exact) mass is 250 g/mol. The third-order valence-corrected chi connectivity index (χ3v) is 2.20. The number of rotatable bonds is 5. The summed E-state index contributed by atoms with van der Waals surface area (Å²) in [4.78, 5) is 11.3. The molecule has 0 spiro atoms. The van der Waals surface area contributed by atoms with Gasteiger partial charge in [0.05, 0.1) is 25.9 Å². The van der Waals surface area contributed by atoms with Gasteiger partial charge in [-0.1, -0.05) is 0 Å². The van der Waals surface area contributed by atoms with Crippen LogP contribution in [0.15, 0.2) is 18.2 Å². The van der Waals surface area contributed by atoms with Crippen LogP contribution in [-0.2, 0) is 9.53 Å². The average Bonchev–Trinajstić information content (AvgIpc) is 2.43. The molecule has 0 fully saturated rings. The lowest BCUT2D eigenvalue weighted by atomic mass is 10.2. The summed E-state index contributed by atoms with van der Waals surface area (Å²) in [6.07, 6.45) is -0.909. The summed E-state index contributed by atoms with van der Waals surface area (Å²) in [6.45, 7) is -0.0221. The lowest BCUT2D eigenvalue weighted by Crippen LogP contribution is -2.35. The highest BCUT2D eigenvalue weighted by Crippen LogP contribution is 2.23. The first kappa shape index (κ1) is 13.8. The zero-order valence-electron chi connectivity index (χ0n) is 10.2. The molecule has 0 aliphatic heterocycles. The number of carbonyl (C=O) groups excluding carboxylic acids is 1. The maximum Gasteiger partial charge on any atom is 0.348 e. The molecule has 0 radical (unpaired) electrons. The Hall–Kier alpha value is -2.26. The zero-order valence-corrected chi connectivity index (χ0v) is 10.2. The second-order valence-corrected chi connectivity index (χ2v) is 3.37. The van der Waals surface area contributed by atoms with Gasteiger partial charge in [0.15, 0.2) is 0 Å². The van der Waals surface area contributed by atoms with Crippen LogP contribution in [0.2, 0.25) is 0 Å². The van der Waals surface area contributed by atoms with Gasteiger partial charge in [-0.05, 0) is 12.1 Å². The second-order valence-electron chi connectivity index (χ2n) is 3.37. The fourth-order valence-electron chi connectivity index (χ4n) is 1.31. The standard InChI is InChI=1S/C12H14N2O4/c1-16-9-3-8(6-13)4-10(5-9)18-11(7-14)12(15)17-2/h3-5,11H,7,14H2,1-2H3. The van der Waals surface area contributed by atoms with Crippen molar-refractivity contribution in [3.63, 3.8) is 0 Å². The molecule has 0 aliphatic rings. The van der Waals surface area contributed by atoms with E-state index in [1.807, 2.05) is 6.07 Å². The van der Waals surface area contributed by atoms with E-state index < -0.39 is 12.1 Å². The van der Waals surface area contributed by atoms with Crippen LogP contribution in [0.25, 0.3) is 0 Å². The number of hydrogen-bond donors (Lipinski definition) is 1. The largest absolute Gasteiger partial charge is 0.497 e. The fourth-order valence-corrected chi connectivity index (χ4v) is 1.31.